The number of thioether (sulfide) groups is 1. The van der Waals surface area contributed by atoms with Crippen molar-refractivity contribution in [3.63, 3.8) is 0 Å². The summed E-state index contributed by atoms with van der Waals surface area (Å²) in [4.78, 5) is 14.8. The molecule has 5 heteroatoms. The van der Waals surface area contributed by atoms with Gasteiger partial charge in [0.2, 0.25) is 5.91 Å². The summed E-state index contributed by atoms with van der Waals surface area (Å²) < 4.78 is 18.3. The lowest BCUT2D eigenvalue weighted by atomic mass is 10.2. The predicted octanol–water partition coefficient (Wildman–Crippen LogP) is 3.98. The number of carbonyl (C=O) groups excluding carboxylic acids is 1. The second-order valence-corrected chi connectivity index (χ2v) is 6.12. The molecule has 0 aromatic heterocycles. The molecule has 0 radical (unpaired) electrons. The van der Waals surface area contributed by atoms with Crippen LogP contribution in [0.1, 0.15) is 12.5 Å². The summed E-state index contributed by atoms with van der Waals surface area (Å²) in [7, 11) is 1.75. The Morgan fingerprint density at radius 3 is 2.39 bits per heavy atom. The van der Waals surface area contributed by atoms with Crippen LogP contribution in [0.5, 0.6) is 5.75 Å². The summed E-state index contributed by atoms with van der Waals surface area (Å²) in [5.41, 5.74) is 0.910. The smallest absolute Gasteiger partial charge is 0.232 e. The molecule has 2 aromatic carbocycles. The first-order chi connectivity index (χ1) is 11.1. The van der Waals surface area contributed by atoms with Crippen molar-refractivity contribution in [1.29, 1.82) is 0 Å². The Morgan fingerprint density at radius 1 is 1.13 bits per heavy atom. The van der Waals surface area contributed by atoms with E-state index in [2.05, 4.69) is 0 Å². The molecule has 1 amide bonds. The minimum absolute atomic E-state index is 0.0354. The molecule has 23 heavy (non-hydrogen) atoms. The standard InChI is InChI=1S/C18H20FNO2S/c1-3-22-16-8-10-17(11-9-16)23-13-18(21)20(2)12-14-4-6-15(19)7-5-14/h4-11H,3,12-13H2,1-2H3. The Labute approximate surface area is 140 Å². The minimum Gasteiger partial charge on any atom is -0.494 e. The van der Waals surface area contributed by atoms with Gasteiger partial charge in [-0.2, -0.15) is 0 Å². The van der Waals surface area contributed by atoms with Gasteiger partial charge in [0, 0.05) is 18.5 Å². The molecule has 2 rings (SSSR count). The second kappa shape index (κ2) is 8.58. The van der Waals surface area contributed by atoms with Crippen molar-refractivity contribution >= 4 is 17.7 Å². The number of hydrogen-bond acceptors (Lipinski definition) is 3. The van der Waals surface area contributed by atoms with E-state index in [0.29, 0.717) is 18.9 Å². The molecule has 3 nitrogen and oxygen atoms in total. The first-order valence-electron chi connectivity index (χ1n) is 7.42. The lowest BCUT2D eigenvalue weighted by molar-refractivity contribution is -0.127. The molecule has 0 aliphatic carbocycles. The van der Waals surface area contributed by atoms with E-state index >= 15 is 0 Å². The lowest BCUT2D eigenvalue weighted by Gasteiger charge is -2.17. The summed E-state index contributed by atoms with van der Waals surface area (Å²) in [6.45, 7) is 3.06. The Hall–Kier alpha value is -2.01. The van der Waals surface area contributed by atoms with Gasteiger partial charge in [0.05, 0.1) is 12.4 Å². The van der Waals surface area contributed by atoms with Crippen molar-refractivity contribution in [3.8, 4) is 5.75 Å². The van der Waals surface area contributed by atoms with E-state index in [9.17, 15) is 9.18 Å². The summed E-state index contributed by atoms with van der Waals surface area (Å²) in [5, 5.41) is 0. The fourth-order valence-electron chi connectivity index (χ4n) is 2.01. The summed E-state index contributed by atoms with van der Waals surface area (Å²) in [6.07, 6.45) is 0. The van der Waals surface area contributed by atoms with Gasteiger partial charge in [0.25, 0.3) is 0 Å². The highest BCUT2D eigenvalue weighted by molar-refractivity contribution is 8.00. The fraction of sp³-hybridized carbons (Fsp3) is 0.278. The van der Waals surface area contributed by atoms with E-state index < -0.39 is 0 Å². The molecule has 0 N–H and O–H groups in total. The molecule has 0 aliphatic heterocycles. The van der Waals surface area contributed by atoms with Crippen LogP contribution in [0.15, 0.2) is 53.4 Å². The number of rotatable bonds is 7. The quantitative estimate of drug-likeness (QED) is 0.718. The Bertz CT molecular complexity index is 628. The zero-order valence-electron chi connectivity index (χ0n) is 13.3. The maximum Gasteiger partial charge on any atom is 0.232 e. The number of amides is 1. The SMILES string of the molecule is CCOc1ccc(SCC(=O)N(C)Cc2ccc(F)cc2)cc1. The molecule has 0 aliphatic rings. The molecule has 122 valence electrons. The van der Waals surface area contributed by atoms with Crippen LogP contribution in [-0.2, 0) is 11.3 Å². The van der Waals surface area contributed by atoms with Gasteiger partial charge in [0.15, 0.2) is 0 Å². The van der Waals surface area contributed by atoms with E-state index in [0.717, 1.165) is 16.2 Å². The minimum atomic E-state index is -0.270. The largest absolute Gasteiger partial charge is 0.494 e. The van der Waals surface area contributed by atoms with Gasteiger partial charge in [-0.3, -0.25) is 4.79 Å². The molecule has 0 heterocycles. The van der Waals surface area contributed by atoms with Crippen LogP contribution in [0.25, 0.3) is 0 Å². The highest BCUT2D eigenvalue weighted by Crippen LogP contribution is 2.22. The predicted molar refractivity (Wildman–Crippen MR) is 91.2 cm³/mol. The van der Waals surface area contributed by atoms with Crippen LogP contribution in [0, 0.1) is 5.82 Å². The van der Waals surface area contributed by atoms with Crippen LogP contribution in [0.2, 0.25) is 0 Å². The highest BCUT2D eigenvalue weighted by atomic mass is 32.2. The molecule has 0 saturated heterocycles. The van der Waals surface area contributed by atoms with E-state index in [1.54, 1.807) is 24.1 Å². The molecular weight excluding hydrogens is 313 g/mol. The van der Waals surface area contributed by atoms with Crippen LogP contribution < -0.4 is 4.74 Å². The molecule has 0 atom stereocenters. The molecule has 0 bridgehead atoms. The van der Waals surface area contributed by atoms with Crippen molar-refractivity contribution < 1.29 is 13.9 Å². The van der Waals surface area contributed by atoms with Crippen molar-refractivity contribution in [2.75, 3.05) is 19.4 Å². The van der Waals surface area contributed by atoms with Gasteiger partial charge in [-0.25, -0.2) is 4.39 Å². The van der Waals surface area contributed by atoms with Gasteiger partial charge >= 0.3 is 0 Å². The van der Waals surface area contributed by atoms with Crippen molar-refractivity contribution in [2.45, 2.75) is 18.4 Å². The zero-order chi connectivity index (χ0) is 16.7. The van der Waals surface area contributed by atoms with E-state index in [1.807, 2.05) is 31.2 Å². The van der Waals surface area contributed by atoms with E-state index in [-0.39, 0.29) is 11.7 Å². The Kier molecular flexibility index (Phi) is 6.47. The first-order valence-corrected chi connectivity index (χ1v) is 8.41. The third kappa shape index (κ3) is 5.60. The summed E-state index contributed by atoms with van der Waals surface area (Å²) in [6, 6.07) is 13.9. The Balaban J connectivity index is 1.82. The second-order valence-electron chi connectivity index (χ2n) is 5.07. The van der Waals surface area contributed by atoms with E-state index in [1.165, 1.54) is 23.9 Å². The third-order valence-electron chi connectivity index (χ3n) is 3.26. The van der Waals surface area contributed by atoms with Crippen LogP contribution >= 0.6 is 11.8 Å². The molecule has 2 aromatic rings. The van der Waals surface area contributed by atoms with E-state index in [4.69, 9.17) is 4.74 Å². The average Bonchev–Trinajstić information content (AvgIpc) is 2.56. The van der Waals surface area contributed by atoms with Crippen LogP contribution in [0.4, 0.5) is 4.39 Å². The fourth-order valence-corrected chi connectivity index (χ4v) is 2.84. The molecular formula is C18H20FNO2S. The first kappa shape index (κ1) is 17.3. The number of hydrogen-bond donors (Lipinski definition) is 0. The summed E-state index contributed by atoms with van der Waals surface area (Å²) >= 11 is 1.49. The summed E-state index contributed by atoms with van der Waals surface area (Å²) in [5.74, 6) is 0.963. The van der Waals surface area contributed by atoms with Gasteiger partial charge in [0.1, 0.15) is 11.6 Å². The van der Waals surface area contributed by atoms with Crippen molar-refractivity contribution in [1.82, 2.24) is 4.90 Å². The number of ether oxygens (including phenoxy) is 1. The topological polar surface area (TPSA) is 29.5 Å². The monoisotopic (exact) mass is 333 g/mol. The number of carbonyl (C=O) groups is 1. The maximum atomic E-state index is 12.9. The Morgan fingerprint density at radius 2 is 1.78 bits per heavy atom. The van der Waals surface area contributed by atoms with Gasteiger partial charge in [-0.15, -0.1) is 11.8 Å². The number of halogens is 1. The molecule has 0 saturated carbocycles. The van der Waals surface area contributed by atoms with Gasteiger partial charge in [-0.1, -0.05) is 12.1 Å². The zero-order valence-corrected chi connectivity index (χ0v) is 14.1. The van der Waals surface area contributed by atoms with Gasteiger partial charge in [-0.05, 0) is 48.9 Å². The lowest BCUT2D eigenvalue weighted by Crippen LogP contribution is -2.27. The maximum absolute atomic E-state index is 12.9. The number of benzene rings is 2. The highest BCUT2D eigenvalue weighted by Gasteiger charge is 2.10. The number of nitrogens with zero attached hydrogens (tertiary/aromatic N) is 1. The van der Waals surface area contributed by atoms with Crippen LogP contribution in [-0.4, -0.2) is 30.2 Å². The normalized spacial score (nSPS) is 10.4. The average molecular weight is 333 g/mol. The molecule has 0 unspecified atom stereocenters. The van der Waals surface area contributed by atoms with Crippen molar-refractivity contribution in [2.24, 2.45) is 0 Å². The van der Waals surface area contributed by atoms with Crippen molar-refractivity contribution in [3.05, 3.63) is 59.9 Å². The van der Waals surface area contributed by atoms with Crippen LogP contribution in [0.3, 0.4) is 0 Å². The molecule has 0 fully saturated rings. The molecule has 0 spiro atoms. The third-order valence-corrected chi connectivity index (χ3v) is 4.25. The van der Waals surface area contributed by atoms with Gasteiger partial charge < -0.3 is 9.64 Å².